The van der Waals surface area contributed by atoms with E-state index >= 15 is 0 Å². The zero-order chi connectivity index (χ0) is 19.5. The molecule has 0 saturated heterocycles. The lowest BCUT2D eigenvalue weighted by molar-refractivity contribution is -0.0141. The molecule has 6 nitrogen and oxygen atoms in total. The smallest absolute Gasteiger partial charge is 0.412 e. The molecule has 0 aliphatic rings. The molecule has 0 aromatic carbocycles. The second-order valence-electron chi connectivity index (χ2n) is 8.77. The fraction of sp³-hybridized carbons (Fsp3) is 0.947. The van der Waals surface area contributed by atoms with Gasteiger partial charge in [0.1, 0.15) is 12.3 Å². The number of ether oxygens (including phenoxy) is 2. The van der Waals surface area contributed by atoms with Crippen LogP contribution in [0.5, 0.6) is 0 Å². The van der Waals surface area contributed by atoms with Gasteiger partial charge in [-0.25, -0.2) is 4.79 Å². The molecule has 0 saturated carbocycles. The van der Waals surface area contributed by atoms with E-state index in [9.17, 15) is 4.79 Å². The van der Waals surface area contributed by atoms with Crippen LogP contribution in [0.15, 0.2) is 0 Å². The van der Waals surface area contributed by atoms with Gasteiger partial charge in [-0.2, -0.15) is 0 Å². The van der Waals surface area contributed by atoms with Crippen molar-refractivity contribution in [1.29, 1.82) is 0 Å². The molecule has 0 spiro atoms. The standard InChI is InChI=1S/C19H41N3O3/c1-16(2)20-11-10-14-24-15-22(17(23)25-19(6,7)8)13-9-12-21-18(3,4)5/h16,20-21H,9-15H2,1-8H3. The molecule has 2 N–H and O–H groups in total. The van der Waals surface area contributed by atoms with E-state index in [1.54, 1.807) is 4.90 Å². The van der Waals surface area contributed by atoms with Gasteiger partial charge in [0.25, 0.3) is 0 Å². The van der Waals surface area contributed by atoms with Crippen molar-refractivity contribution in [3.05, 3.63) is 0 Å². The van der Waals surface area contributed by atoms with Crippen LogP contribution in [-0.4, -0.2) is 61.1 Å². The van der Waals surface area contributed by atoms with Crippen molar-refractivity contribution in [2.45, 2.75) is 85.4 Å². The molecule has 0 aliphatic carbocycles. The average molecular weight is 360 g/mol. The van der Waals surface area contributed by atoms with Crippen LogP contribution >= 0.6 is 0 Å². The van der Waals surface area contributed by atoms with Crippen LogP contribution in [0.25, 0.3) is 0 Å². The Hall–Kier alpha value is -0.850. The first-order chi connectivity index (χ1) is 11.4. The van der Waals surface area contributed by atoms with Crippen molar-refractivity contribution in [2.24, 2.45) is 0 Å². The Morgan fingerprint density at radius 2 is 1.68 bits per heavy atom. The zero-order valence-corrected chi connectivity index (χ0v) is 17.7. The quantitative estimate of drug-likeness (QED) is 0.437. The third-order valence-corrected chi connectivity index (χ3v) is 3.18. The average Bonchev–Trinajstić information content (AvgIpc) is 2.41. The van der Waals surface area contributed by atoms with Gasteiger partial charge in [-0.1, -0.05) is 13.8 Å². The number of hydrogen-bond donors (Lipinski definition) is 2. The Morgan fingerprint density at radius 3 is 2.20 bits per heavy atom. The van der Waals surface area contributed by atoms with Gasteiger partial charge in [0, 0.05) is 18.1 Å². The maximum Gasteiger partial charge on any atom is 0.412 e. The van der Waals surface area contributed by atoms with Crippen molar-refractivity contribution in [3.8, 4) is 0 Å². The summed E-state index contributed by atoms with van der Waals surface area (Å²) in [6, 6.07) is 0.480. The first-order valence-corrected chi connectivity index (χ1v) is 9.45. The van der Waals surface area contributed by atoms with E-state index in [-0.39, 0.29) is 18.4 Å². The van der Waals surface area contributed by atoms with Crippen molar-refractivity contribution < 1.29 is 14.3 Å². The van der Waals surface area contributed by atoms with Gasteiger partial charge < -0.3 is 20.1 Å². The Bertz CT molecular complexity index is 360. The van der Waals surface area contributed by atoms with Crippen LogP contribution in [-0.2, 0) is 9.47 Å². The van der Waals surface area contributed by atoms with Crippen LogP contribution in [0.4, 0.5) is 4.79 Å². The lowest BCUT2D eigenvalue weighted by Gasteiger charge is -2.28. The lowest BCUT2D eigenvalue weighted by atomic mass is 10.1. The molecule has 0 fully saturated rings. The molecule has 0 aromatic heterocycles. The number of carbonyl (C=O) groups excluding carboxylic acids is 1. The van der Waals surface area contributed by atoms with Gasteiger partial charge in [0.15, 0.2) is 0 Å². The van der Waals surface area contributed by atoms with E-state index in [0.717, 1.165) is 25.9 Å². The maximum absolute atomic E-state index is 12.4. The molecule has 6 heteroatoms. The molecular weight excluding hydrogens is 318 g/mol. The molecule has 0 rings (SSSR count). The Balaban J connectivity index is 4.26. The highest BCUT2D eigenvalue weighted by Crippen LogP contribution is 2.10. The van der Waals surface area contributed by atoms with E-state index in [0.29, 0.717) is 19.2 Å². The normalized spacial score (nSPS) is 12.5. The van der Waals surface area contributed by atoms with Gasteiger partial charge in [-0.15, -0.1) is 0 Å². The monoisotopic (exact) mass is 359 g/mol. The molecule has 0 aliphatic heterocycles. The minimum absolute atomic E-state index is 0.0800. The Kier molecular flexibility index (Phi) is 11.3. The highest BCUT2D eigenvalue weighted by molar-refractivity contribution is 5.67. The summed E-state index contributed by atoms with van der Waals surface area (Å²) in [6.45, 7) is 19.5. The van der Waals surface area contributed by atoms with Gasteiger partial charge in [-0.3, -0.25) is 4.90 Å². The summed E-state index contributed by atoms with van der Waals surface area (Å²) >= 11 is 0. The number of hydrogen-bond acceptors (Lipinski definition) is 5. The molecule has 150 valence electrons. The molecule has 0 atom stereocenters. The number of nitrogens with one attached hydrogen (secondary N) is 2. The van der Waals surface area contributed by atoms with Gasteiger partial charge in [-0.05, 0) is 67.5 Å². The van der Waals surface area contributed by atoms with Crippen LogP contribution < -0.4 is 10.6 Å². The minimum atomic E-state index is -0.500. The molecule has 0 aromatic rings. The Labute approximate surface area is 155 Å². The zero-order valence-electron chi connectivity index (χ0n) is 17.7. The van der Waals surface area contributed by atoms with Crippen molar-refractivity contribution in [3.63, 3.8) is 0 Å². The molecule has 0 unspecified atom stereocenters. The SMILES string of the molecule is CC(C)NCCCOCN(CCCNC(C)(C)C)C(=O)OC(C)(C)C. The summed E-state index contributed by atoms with van der Waals surface area (Å²) in [5.74, 6) is 0. The van der Waals surface area contributed by atoms with Gasteiger partial charge >= 0.3 is 6.09 Å². The highest BCUT2D eigenvalue weighted by Gasteiger charge is 2.22. The van der Waals surface area contributed by atoms with Crippen LogP contribution in [0.2, 0.25) is 0 Å². The van der Waals surface area contributed by atoms with Gasteiger partial charge in [0.2, 0.25) is 0 Å². The van der Waals surface area contributed by atoms with E-state index < -0.39 is 5.60 Å². The fourth-order valence-corrected chi connectivity index (χ4v) is 2.01. The third-order valence-electron chi connectivity index (χ3n) is 3.18. The molecular formula is C19H41N3O3. The summed E-state index contributed by atoms with van der Waals surface area (Å²) < 4.78 is 11.2. The summed E-state index contributed by atoms with van der Waals surface area (Å²) in [4.78, 5) is 14.0. The van der Waals surface area contributed by atoms with Crippen LogP contribution in [0.3, 0.4) is 0 Å². The number of rotatable bonds is 11. The van der Waals surface area contributed by atoms with E-state index in [2.05, 4.69) is 45.3 Å². The third kappa shape index (κ3) is 16.4. The second-order valence-corrected chi connectivity index (χ2v) is 8.77. The molecule has 0 bridgehead atoms. The van der Waals surface area contributed by atoms with Gasteiger partial charge in [0.05, 0.1) is 6.61 Å². The summed E-state index contributed by atoms with van der Waals surface area (Å²) in [7, 11) is 0. The maximum atomic E-state index is 12.4. The predicted molar refractivity (Wildman–Crippen MR) is 104 cm³/mol. The summed E-state index contributed by atoms with van der Waals surface area (Å²) in [6.07, 6.45) is 1.46. The van der Waals surface area contributed by atoms with E-state index in [1.807, 2.05) is 20.8 Å². The van der Waals surface area contributed by atoms with Crippen molar-refractivity contribution >= 4 is 6.09 Å². The summed E-state index contributed by atoms with van der Waals surface area (Å²) in [5, 5.41) is 6.78. The minimum Gasteiger partial charge on any atom is -0.444 e. The van der Waals surface area contributed by atoms with Crippen LogP contribution in [0, 0.1) is 0 Å². The number of carbonyl (C=O) groups is 1. The predicted octanol–water partition coefficient (Wildman–Crippen LogP) is 3.36. The Morgan fingerprint density at radius 1 is 1.04 bits per heavy atom. The number of nitrogens with zero attached hydrogens (tertiary/aromatic N) is 1. The van der Waals surface area contributed by atoms with Crippen LogP contribution in [0.1, 0.15) is 68.2 Å². The molecule has 25 heavy (non-hydrogen) atoms. The molecule has 1 amide bonds. The van der Waals surface area contributed by atoms with Crippen molar-refractivity contribution in [2.75, 3.05) is 33.0 Å². The van der Waals surface area contributed by atoms with Crippen molar-refractivity contribution in [1.82, 2.24) is 15.5 Å². The second kappa shape index (κ2) is 11.7. The highest BCUT2D eigenvalue weighted by atomic mass is 16.6. The van der Waals surface area contributed by atoms with E-state index in [1.165, 1.54) is 0 Å². The number of amides is 1. The fourth-order valence-electron chi connectivity index (χ4n) is 2.01. The molecule has 0 heterocycles. The molecule has 0 radical (unpaired) electrons. The summed E-state index contributed by atoms with van der Waals surface area (Å²) in [5.41, 5.74) is -0.420. The lowest BCUT2D eigenvalue weighted by Crippen LogP contribution is -2.41. The first-order valence-electron chi connectivity index (χ1n) is 9.45. The first kappa shape index (κ1) is 24.1. The topological polar surface area (TPSA) is 62.8 Å². The van der Waals surface area contributed by atoms with E-state index in [4.69, 9.17) is 9.47 Å². The largest absolute Gasteiger partial charge is 0.444 e.